The van der Waals surface area contributed by atoms with Gasteiger partial charge in [0, 0.05) is 22.6 Å². The van der Waals surface area contributed by atoms with Crippen LogP contribution in [0.2, 0.25) is 0 Å². The molecule has 0 aliphatic rings. The van der Waals surface area contributed by atoms with Gasteiger partial charge in [0.25, 0.3) is 0 Å². The lowest BCUT2D eigenvalue weighted by molar-refractivity contribution is 0.853. The van der Waals surface area contributed by atoms with Crippen LogP contribution >= 0.6 is 11.8 Å². The van der Waals surface area contributed by atoms with Crippen LogP contribution in [-0.2, 0) is 0 Å². The van der Waals surface area contributed by atoms with E-state index in [1.807, 2.05) is 19.9 Å². The fourth-order valence-corrected chi connectivity index (χ4v) is 2.06. The summed E-state index contributed by atoms with van der Waals surface area (Å²) in [5.41, 5.74) is 7.91. The molecule has 1 atom stereocenters. The van der Waals surface area contributed by atoms with Crippen LogP contribution in [0.25, 0.3) is 0 Å². The summed E-state index contributed by atoms with van der Waals surface area (Å²) < 4.78 is 0. The van der Waals surface area contributed by atoms with E-state index < -0.39 is 0 Å². The number of H-pyrrole nitrogens is 1. The highest BCUT2D eigenvalue weighted by Crippen LogP contribution is 2.25. The van der Waals surface area contributed by atoms with Gasteiger partial charge in [-0.15, -0.1) is 11.8 Å². The Bertz CT molecular complexity index is 477. The van der Waals surface area contributed by atoms with Crippen LogP contribution in [0, 0.1) is 0 Å². The first kappa shape index (κ1) is 19.6. The lowest BCUT2D eigenvalue weighted by Crippen LogP contribution is -1.96. The highest BCUT2D eigenvalue weighted by Gasteiger charge is 2.10. The molecule has 3 nitrogen and oxygen atoms in total. The molecule has 4 heteroatoms. The summed E-state index contributed by atoms with van der Waals surface area (Å²) >= 11 is 1.75. The summed E-state index contributed by atoms with van der Waals surface area (Å²) in [4.78, 5) is 1.28. The van der Waals surface area contributed by atoms with Gasteiger partial charge in [-0.05, 0) is 24.0 Å². The predicted octanol–water partition coefficient (Wildman–Crippen LogP) is 5.31. The molecule has 1 aromatic heterocycles. The van der Waals surface area contributed by atoms with Crippen molar-refractivity contribution in [3.8, 4) is 0 Å². The van der Waals surface area contributed by atoms with Crippen molar-refractivity contribution in [2.75, 3.05) is 12.0 Å². The summed E-state index contributed by atoms with van der Waals surface area (Å²) in [6, 6.07) is 10.4. The number of nitrogen functional groups attached to an aromatic ring is 1. The lowest BCUT2D eigenvalue weighted by Gasteiger charge is -2.09. The molecular formula is C17H29N3S. The fraction of sp³-hybridized carbons (Fsp3) is 0.471. The number of aromatic amines is 1. The Morgan fingerprint density at radius 2 is 1.71 bits per heavy atom. The Balaban J connectivity index is 0.000000713. The molecule has 21 heavy (non-hydrogen) atoms. The van der Waals surface area contributed by atoms with Crippen molar-refractivity contribution in [1.82, 2.24) is 10.2 Å². The van der Waals surface area contributed by atoms with Crippen molar-refractivity contribution in [3.05, 3.63) is 41.6 Å². The van der Waals surface area contributed by atoms with E-state index in [9.17, 15) is 0 Å². The molecule has 1 aromatic carbocycles. The first-order chi connectivity index (χ1) is 10.1. The Kier molecular flexibility index (Phi) is 10.5. The molecule has 0 amide bonds. The monoisotopic (exact) mass is 307 g/mol. The third-order valence-corrected chi connectivity index (χ3v) is 3.44. The second-order valence-electron chi connectivity index (χ2n) is 4.45. The molecular weight excluding hydrogens is 278 g/mol. The molecule has 118 valence electrons. The van der Waals surface area contributed by atoms with Gasteiger partial charge in [-0.2, -0.15) is 5.10 Å². The molecule has 0 bridgehead atoms. The molecule has 2 rings (SSSR count). The first-order valence-electron chi connectivity index (χ1n) is 7.57. The van der Waals surface area contributed by atoms with E-state index in [2.05, 4.69) is 61.5 Å². The summed E-state index contributed by atoms with van der Waals surface area (Å²) in [5, 5.41) is 6.90. The zero-order chi connectivity index (χ0) is 16.3. The van der Waals surface area contributed by atoms with Gasteiger partial charge in [0.1, 0.15) is 5.82 Å². The number of nitrogens with zero attached hydrogens (tertiary/aromatic N) is 1. The molecule has 0 fully saturated rings. The van der Waals surface area contributed by atoms with Crippen LogP contribution in [0.15, 0.2) is 35.2 Å². The molecule has 0 aliphatic carbocycles. The van der Waals surface area contributed by atoms with Crippen LogP contribution < -0.4 is 5.73 Å². The number of hydrogen-bond acceptors (Lipinski definition) is 3. The Morgan fingerprint density at radius 3 is 2.10 bits per heavy atom. The van der Waals surface area contributed by atoms with Gasteiger partial charge in [0.2, 0.25) is 0 Å². The average molecular weight is 308 g/mol. The molecule has 0 saturated carbocycles. The third kappa shape index (κ3) is 6.71. The quantitative estimate of drug-likeness (QED) is 0.756. The van der Waals surface area contributed by atoms with Gasteiger partial charge in [-0.25, -0.2) is 0 Å². The maximum absolute atomic E-state index is 5.59. The Labute approximate surface area is 133 Å². The number of benzene rings is 1. The van der Waals surface area contributed by atoms with Crippen molar-refractivity contribution < 1.29 is 0 Å². The highest BCUT2D eigenvalue weighted by atomic mass is 32.2. The second kappa shape index (κ2) is 11.3. The molecule has 1 unspecified atom stereocenters. The summed E-state index contributed by atoms with van der Waals surface area (Å²) in [5.74, 6) is 0.836. The third-order valence-electron chi connectivity index (χ3n) is 2.70. The largest absolute Gasteiger partial charge is 0.382 e. The van der Waals surface area contributed by atoms with Gasteiger partial charge in [0.05, 0.1) is 0 Å². The average Bonchev–Trinajstić information content (AvgIpc) is 2.96. The summed E-state index contributed by atoms with van der Waals surface area (Å²) in [7, 11) is 0. The smallest absolute Gasteiger partial charge is 0.145 e. The minimum Gasteiger partial charge on any atom is -0.382 e. The van der Waals surface area contributed by atoms with Crippen molar-refractivity contribution in [2.24, 2.45) is 0 Å². The maximum atomic E-state index is 5.59. The van der Waals surface area contributed by atoms with E-state index in [0.717, 1.165) is 5.69 Å². The molecule has 2 aromatic rings. The van der Waals surface area contributed by atoms with Gasteiger partial charge in [-0.1, -0.05) is 53.2 Å². The summed E-state index contributed by atoms with van der Waals surface area (Å²) in [6.45, 7) is 10.4. The van der Waals surface area contributed by atoms with Crippen molar-refractivity contribution in [1.29, 1.82) is 0 Å². The van der Waals surface area contributed by atoms with Gasteiger partial charge >= 0.3 is 0 Å². The Morgan fingerprint density at radius 1 is 1.19 bits per heavy atom. The van der Waals surface area contributed by atoms with E-state index in [0.29, 0.717) is 11.7 Å². The molecule has 1 heterocycles. The molecule has 0 saturated heterocycles. The standard InChI is InChI=1S/C12H15N3S.C3H8.C2H6/c1-8(11-7-12(13)15-14-11)9-3-5-10(16-2)6-4-9;1-3-2;1-2/h3-8H,1-2H3,(H3,13,14,15);3H2,1-2H3;1-2H3. The maximum Gasteiger partial charge on any atom is 0.145 e. The number of rotatable bonds is 3. The number of hydrogen-bond donors (Lipinski definition) is 2. The van der Waals surface area contributed by atoms with Crippen molar-refractivity contribution in [2.45, 2.75) is 51.9 Å². The molecule has 3 N–H and O–H groups in total. The first-order valence-corrected chi connectivity index (χ1v) is 8.79. The van der Waals surface area contributed by atoms with Crippen LogP contribution in [0.1, 0.15) is 58.2 Å². The normalized spacial score (nSPS) is 10.8. The van der Waals surface area contributed by atoms with E-state index >= 15 is 0 Å². The van der Waals surface area contributed by atoms with Crippen LogP contribution in [-0.4, -0.2) is 16.5 Å². The van der Waals surface area contributed by atoms with E-state index in [4.69, 9.17) is 5.73 Å². The van der Waals surface area contributed by atoms with Crippen LogP contribution in [0.3, 0.4) is 0 Å². The predicted molar refractivity (Wildman–Crippen MR) is 96.1 cm³/mol. The second-order valence-corrected chi connectivity index (χ2v) is 5.33. The SMILES string of the molecule is CC.CCC.CSc1ccc(C(C)c2cc(N)n[nH]2)cc1. The number of aromatic nitrogens is 2. The zero-order valence-corrected chi connectivity index (χ0v) is 14.9. The van der Waals surface area contributed by atoms with Gasteiger partial charge in [-0.3, -0.25) is 5.10 Å². The number of nitrogens with two attached hydrogens (primary N) is 1. The number of thioether (sulfide) groups is 1. The van der Waals surface area contributed by atoms with E-state index in [-0.39, 0.29) is 0 Å². The zero-order valence-electron chi connectivity index (χ0n) is 14.1. The van der Waals surface area contributed by atoms with E-state index in [1.165, 1.54) is 16.9 Å². The lowest BCUT2D eigenvalue weighted by atomic mass is 9.98. The van der Waals surface area contributed by atoms with Gasteiger partial charge in [0.15, 0.2) is 0 Å². The van der Waals surface area contributed by atoms with Crippen molar-refractivity contribution >= 4 is 17.6 Å². The fourth-order valence-electron chi connectivity index (χ4n) is 1.65. The minimum absolute atomic E-state index is 0.292. The number of anilines is 1. The Hall–Kier alpha value is -1.42. The van der Waals surface area contributed by atoms with E-state index in [1.54, 1.807) is 11.8 Å². The molecule has 0 aliphatic heterocycles. The molecule has 0 spiro atoms. The highest BCUT2D eigenvalue weighted by molar-refractivity contribution is 7.98. The minimum atomic E-state index is 0.292. The molecule has 0 radical (unpaired) electrons. The van der Waals surface area contributed by atoms with Crippen molar-refractivity contribution in [3.63, 3.8) is 0 Å². The summed E-state index contributed by atoms with van der Waals surface area (Å²) in [6.07, 6.45) is 3.33. The van der Waals surface area contributed by atoms with Crippen LogP contribution in [0.5, 0.6) is 0 Å². The van der Waals surface area contributed by atoms with Crippen LogP contribution in [0.4, 0.5) is 5.82 Å². The van der Waals surface area contributed by atoms with Gasteiger partial charge < -0.3 is 5.73 Å². The topological polar surface area (TPSA) is 54.7 Å². The number of nitrogens with one attached hydrogen (secondary N) is 1.